The molecule has 1 aromatic heterocycles. The van der Waals surface area contributed by atoms with Gasteiger partial charge in [0, 0.05) is 25.2 Å². The summed E-state index contributed by atoms with van der Waals surface area (Å²) in [5.74, 6) is 1.47. The summed E-state index contributed by atoms with van der Waals surface area (Å²) in [6.07, 6.45) is 1.97. The van der Waals surface area contributed by atoms with E-state index in [2.05, 4.69) is 4.98 Å². The third kappa shape index (κ3) is 4.90. The maximum atomic E-state index is 11.5. The van der Waals surface area contributed by atoms with Crippen molar-refractivity contribution in [1.29, 1.82) is 0 Å². The Morgan fingerprint density at radius 2 is 1.81 bits per heavy atom. The van der Waals surface area contributed by atoms with Crippen molar-refractivity contribution in [2.75, 3.05) is 31.4 Å². The highest BCUT2D eigenvalue weighted by molar-refractivity contribution is 7.90. The van der Waals surface area contributed by atoms with Gasteiger partial charge in [0.15, 0.2) is 9.84 Å². The van der Waals surface area contributed by atoms with Gasteiger partial charge >= 0.3 is 0 Å². The van der Waals surface area contributed by atoms with Crippen molar-refractivity contribution in [2.24, 2.45) is 0 Å². The summed E-state index contributed by atoms with van der Waals surface area (Å²) in [4.78, 5) is 6.79. The predicted molar refractivity (Wildman–Crippen MR) is 110 cm³/mol. The average molecular weight is 405 g/mol. The lowest BCUT2D eigenvalue weighted by atomic mass is 10.2. The van der Waals surface area contributed by atoms with Gasteiger partial charge in [0.2, 0.25) is 0 Å². The zero-order chi connectivity index (χ0) is 19.4. The number of hydrogen-bond acceptors (Lipinski definition) is 5. The summed E-state index contributed by atoms with van der Waals surface area (Å²) < 4.78 is 28.6. The SMILES string of the molecule is CN(CCCOc1ccc(S(C)(=O)=O)cc1)c1cc2ccccc2c(Cl)n1. The summed E-state index contributed by atoms with van der Waals surface area (Å²) >= 11 is 6.29. The molecule has 0 aliphatic rings. The highest BCUT2D eigenvalue weighted by atomic mass is 35.5. The normalized spacial score (nSPS) is 11.5. The van der Waals surface area contributed by atoms with Crippen LogP contribution in [0.1, 0.15) is 6.42 Å². The molecule has 142 valence electrons. The van der Waals surface area contributed by atoms with E-state index in [-0.39, 0.29) is 4.90 Å². The molecule has 0 aliphatic heterocycles. The van der Waals surface area contributed by atoms with E-state index in [1.54, 1.807) is 24.3 Å². The molecule has 0 radical (unpaired) electrons. The number of pyridine rings is 1. The van der Waals surface area contributed by atoms with E-state index >= 15 is 0 Å². The van der Waals surface area contributed by atoms with E-state index in [0.717, 1.165) is 29.6 Å². The molecule has 0 amide bonds. The van der Waals surface area contributed by atoms with Crippen LogP contribution in [0.5, 0.6) is 5.75 Å². The number of ether oxygens (including phenoxy) is 1. The molecule has 0 unspecified atom stereocenters. The number of rotatable bonds is 7. The predicted octanol–water partition coefficient (Wildman–Crippen LogP) is 4.20. The number of halogens is 1. The number of sulfone groups is 1. The molecule has 0 bridgehead atoms. The van der Waals surface area contributed by atoms with Crippen LogP contribution >= 0.6 is 11.6 Å². The van der Waals surface area contributed by atoms with Crippen LogP contribution in [0, 0.1) is 0 Å². The number of hydrogen-bond donors (Lipinski definition) is 0. The fourth-order valence-corrected chi connectivity index (χ4v) is 3.62. The first kappa shape index (κ1) is 19.5. The maximum absolute atomic E-state index is 11.5. The van der Waals surface area contributed by atoms with Crippen molar-refractivity contribution in [1.82, 2.24) is 4.98 Å². The molecule has 7 heteroatoms. The van der Waals surface area contributed by atoms with Crippen LogP contribution in [-0.4, -0.2) is 39.9 Å². The quantitative estimate of drug-likeness (QED) is 0.436. The van der Waals surface area contributed by atoms with Crippen molar-refractivity contribution in [3.05, 3.63) is 59.8 Å². The molecule has 0 saturated heterocycles. The molecular weight excluding hydrogens is 384 g/mol. The number of aromatic nitrogens is 1. The molecule has 0 atom stereocenters. The summed E-state index contributed by atoms with van der Waals surface area (Å²) in [6, 6.07) is 16.4. The lowest BCUT2D eigenvalue weighted by Gasteiger charge is -2.19. The first-order chi connectivity index (χ1) is 12.8. The van der Waals surface area contributed by atoms with Gasteiger partial charge in [-0.2, -0.15) is 0 Å². The van der Waals surface area contributed by atoms with Gasteiger partial charge in [-0.05, 0) is 42.1 Å². The second-order valence-corrected chi connectivity index (χ2v) is 8.73. The summed E-state index contributed by atoms with van der Waals surface area (Å²) in [6.45, 7) is 1.27. The average Bonchev–Trinajstić information content (AvgIpc) is 2.64. The van der Waals surface area contributed by atoms with Crippen LogP contribution in [-0.2, 0) is 9.84 Å². The van der Waals surface area contributed by atoms with Crippen LogP contribution in [0.25, 0.3) is 10.8 Å². The van der Waals surface area contributed by atoms with Crippen LogP contribution in [0.2, 0.25) is 5.15 Å². The zero-order valence-corrected chi connectivity index (χ0v) is 16.8. The Bertz CT molecular complexity index is 1040. The van der Waals surface area contributed by atoms with E-state index in [1.807, 2.05) is 42.3 Å². The van der Waals surface area contributed by atoms with Crippen molar-refractivity contribution in [3.8, 4) is 5.75 Å². The monoisotopic (exact) mass is 404 g/mol. The summed E-state index contributed by atoms with van der Waals surface area (Å²) in [5.41, 5.74) is 0. The Kier molecular flexibility index (Phi) is 5.87. The van der Waals surface area contributed by atoms with Crippen molar-refractivity contribution < 1.29 is 13.2 Å². The fraction of sp³-hybridized carbons (Fsp3) is 0.250. The standard InChI is InChI=1S/C20H21ClN2O3S/c1-23(19-14-15-6-3-4-7-18(15)20(21)22-19)12-5-13-26-16-8-10-17(11-9-16)27(2,24)25/h3-4,6-11,14H,5,12-13H2,1-2H3. The van der Waals surface area contributed by atoms with Gasteiger partial charge in [0.1, 0.15) is 16.7 Å². The third-order valence-electron chi connectivity index (χ3n) is 4.23. The molecular formula is C20H21ClN2O3S. The van der Waals surface area contributed by atoms with Gasteiger partial charge in [-0.25, -0.2) is 13.4 Å². The van der Waals surface area contributed by atoms with Gasteiger partial charge in [-0.15, -0.1) is 0 Å². The first-order valence-electron chi connectivity index (χ1n) is 8.54. The fourth-order valence-electron chi connectivity index (χ4n) is 2.73. The Morgan fingerprint density at radius 3 is 2.52 bits per heavy atom. The summed E-state index contributed by atoms with van der Waals surface area (Å²) in [5, 5.41) is 2.50. The molecule has 27 heavy (non-hydrogen) atoms. The number of nitrogens with zero attached hydrogens (tertiary/aromatic N) is 2. The zero-order valence-electron chi connectivity index (χ0n) is 15.2. The van der Waals surface area contributed by atoms with Gasteiger partial charge < -0.3 is 9.64 Å². The molecule has 5 nitrogen and oxygen atoms in total. The van der Waals surface area contributed by atoms with Crippen LogP contribution in [0.3, 0.4) is 0 Å². The van der Waals surface area contributed by atoms with E-state index in [4.69, 9.17) is 16.3 Å². The molecule has 3 rings (SSSR count). The van der Waals surface area contributed by atoms with Gasteiger partial charge in [-0.3, -0.25) is 0 Å². The molecule has 2 aromatic carbocycles. The van der Waals surface area contributed by atoms with Crippen LogP contribution in [0.4, 0.5) is 5.82 Å². The Labute approximate surface area is 164 Å². The second-order valence-electron chi connectivity index (χ2n) is 6.36. The minimum Gasteiger partial charge on any atom is -0.494 e. The van der Waals surface area contributed by atoms with E-state index < -0.39 is 9.84 Å². The van der Waals surface area contributed by atoms with Crippen LogP contribution < -0.4 is 9.64 Å². The van der Waals surface area contributed by atoms with E-state index in [1.165, 1.54) is 6.26 Å². The van der Waals surface area contributed by atoms with Crippen molar-refractivity contribution >= 4 is 38.0 Å². The first-order valence-corrected chi connectivity index (χ1v) is 10.8. The Balaban J connectivity index is 1.55. The number of anilines is 1. The van der Waals surface area contributed by atoms with Crippen molar-refractivity contribution in [2.45, 2.75) is 11.3 Å². The molecule has 3 aromatic rings. The molecule has 0 fully saturated rings. The molecule has 0 aliphatic carbocycles. The van der Waals surface area contributed by atoms with E-state index in [0.29, 0.717) is 17.5 Å². The maximum Gasteiger partial charge on any atom is 0.175 e. The topological polar surface area (TPSA) is 59.5 Å². The number of fused-ring (bicyclic) bond motifs is 1. The minimum absolute atomic E-state index is 0.286. The van der Waals surface area contributed by atoms with Gasteiger partial charge in [-0.1, -0.05) is 35.9 Å². The Hall–Kier alpha value is -2.31. The highest BCUT2D eigenvalue weighted by Gasteiger charge is 2.09. The highest BCUT2D eigenvalue weighted by Crippen LogP contribution is 2.25. The van der Waals surface area contributed by atoms with E-state index in [9.17, 15) is 8.42 Å². The lowest BCUT2D eigenvalue weighted by Crippen LogP contribution is -2.21. The molecule has 0 saturated carbocycles. The molecule has 1 heterocycles. The molecule has 0 N–H and O–H groups in total. The Morgan fingerprint density at radius 1 is 1.11 bits per heavy atom. The van der Waals surface area contributed by atoms with Crippen molar-refractivity contribution in [3.63, 3.8) is 0 Å². The van der Waals surface area contributed by atoms with Gasteiger partial charge in [0.05, 0.1) is 11.5 Å². The third-order valence-corrected chi connectivity index (χ3v) is 5.65. The minimum atomic E-state index is -3.19. The summed E-state index contributed by atoms with van der Waals surface area (Å²) in [7, 11) is -1.22. The molecule has 0 spiro atoms. The lowest BCUT2D eigenvalue weighted by molar-refractivity contribution is 0.312. The number of benzene rings is 2. The van der Waals surface area contributed by atoms with Gasteiger partial charge in [0.25, 0.3) is 0 Å². The van der Waals surface area contributed by atoms with Crippen LogP contribution in [0.15, 0.2) is 59.5 Å². The largest absolute Gasteiger partial charge is 0.494 e. The second kappa shape index (κ2) is 8.15. The smallest absolute Gasteiger partial charge is 0.175 e.